The number of halogens is 2. The largest absolute Gasteiger partial charge is 0.309 e. The highest BCUT2D eigenvalue weighted by Crippen LogP contribution is 2.29. The first-order chi connectivity index (χ1) is 9.69. The summed E-state index contributed by atoms with van der Waals surface area (Å²) in [6.45, 7) is 0. The standard InChI is InChI=1S/C17H17F2N/c1-20-17(15-10-14(18)7-8-16(15)19)13-6-5-11-3-2-4-12(11)9-13/h5-10,17,20H,2-4H2,1H3. The maximum absolute atomic E-state index is 14.0. The van der Waals surface area contributed by atoms with Crippen LogP contribution in [-0.2, 0) is 12.8 Å². The van der Waals surface area contributed by atoms with Gasteiger partial charge in [0.15, 0.2) is 0 Å². The van der Waals surface area contributed by atoms with Gasteiger partial charge in [-0.3, -0.25) is 0 Å². The third kappa shape index (κ3) is 2.34. The van der Waals surface area contributed by atoms with E-state index in [1.165, 1.54) is 29.7 Å². The number of aryl methyl sites for hydroxylation is 2. The first-order valence-corrected chi connectivity index (χ1v) is 6.93. The van der Waals surface area contributed by atoms with E-state index < -0.39 is 5.82 Å². The molecule has 1 unspecified atom stereocenters. The van der Waals surface area contributed by atoms with Gasteiger partial charge >= 0.3 is 0 Å². The Balaban J connectivity index is 2.03. The Bertz CT molecular complexity index is 637. The van der Waals surface area contributed by atoms with E-state index in [-0.39, 0.29) is 11.9 Å². The molecule has 3 heteroatoms. The van der Waals surface area contributed by atoms with Gasteiger partial charge in [0.1, 0.15) is 11.6 Å². The summed E-state index contributed by atoms with van der Waals surface area (Å²) in [6, 6.07) is 9.51. The van der Waals surface area contributed by atoms with Gasteiger partial charge in [0.05, 0.1) is 6.04 Å². The van der Waals surface area contributed by atoms with Crippen LogP contribution in [-0.4, -0.2) is 7.05 Å². The van der Waals surface area contributed by atoms with Crippen LogP contribution in [0.2, 0.25) is 0 Å². The second-order valence-electron chi connectivity index (χ2n) is 5.27. The van der Waals surface area contributed by atoms with Crippen molar-refractivity contribution >= 4 is 0 Å². The fourth-order valence-electron chi connectivity index (χ4n) is 3.01. The summed E-state index contributed by atoms with van der Waals surface area (Å²) < 4.78 is 27.3. The Morgan fingerprint density at radius 1 is 1.00 bits per heavy atom. The molecule has 1 aliphatic carbocycles. The summed E-state index contributed by atoms with van der Waals surface area (Å²) in [6.07, 6.45) is 3.37. The van der Waals surface area contributed by atoms with E-state index >= 15 is 0 Å². The molecule has 0 heterocycles. The van der Waals surface area contributed by atoms with Gasteiger partial charge in [-0.2, -0.15) is 0 Å². The van der Waals surface area contributed by atoms with E-state index in [0.717, 1.165) is 24.5 Å². The zero-order valence-electron chi connectivity index (χ0n) is 11.4. The molecule has 0 amide bonds. The summed E-state index contributed by atoms with van der Waals surface area (Å²) in [4.78, 5) is 0. The van der Waals surface area contributed by atoms with Gasteiger partial charge in [-0.1, -0.05) is 18.2 Å². The van der Waals surface area contributed by atoms with E-state index in [4.69, 9.17) is 0 Å². The Morgan fingerprint density at radius 3 is 2.60 bits per heavy atom. The Morgan fingerprint density at radius 2 is 1.80 bits per heavy atom. The average molecular weight is 273 g/mol. The molecule has 0 saturated heterocycles. The number of nitrogens with one attached hydrogen (secondary N) is 1. The predicted molar refractivity (Wildman–Crippen MR) is 75.7 cm³/mol. The van der Waals surface area contributed by atoms with Crippen LogP contribution >= 0.6 is 0 Å². The molecule has 2 aromatic carbocycles. The first kappa shape index (κ1) is 13.3. The summed E-state index contributed by atoms with van der Waals surface area (Å²) in [5.74, 6) is -0.797. The quantitative estimate of drug-likeness (QED) is 0.897. The number of hydrogen-bond acceptors (Lipinski definition) is 1. The fourth-order valence-corrected chi connectivity index (χ4v) is 3.01. The van der Waals surface area contributed by atoms with Gasteiger partial charge in [-0.05, 0) is 61.2 Å². The topological polar surface area (TPSA) is 12.0 Å². The molecule has 0 aliphatic heterocycles. The maximum Gasteiger partial charge on any atom is 0.128 e. The van der Waals surface area contributed by atoms with Crippen molar-refractivity contribution < 1.29 is 8.78 Å². The van der Waals surface area contributed by atoms with Gasteiger partial charge in [-0.15, -0.1) is 0 Å². The molecule has 1 aliphatic rings. The molecule has 1 N–H and O–H groups in total. The highest BCUT2D eigenvalue weighted by atomic mass is 19.1. The highest BCUT2D eigenvalue weighted by Gasteiger charge is 2.19. The number of benzene rings is 2. The van der Waals surface area contributed by atoms with Crippen molar-refractivity contribution in [3.63, 3.8) is 0 Å². The molecule has 0 bridgehead atoms. The number of fused-ring (bicyclic) bond motifs is 1. The first-order valence-electron chi connectivity index (χ1n) is 6.93. The van der Waals surface area contributed by atoms with E-state index in [1.807, 2.05) is 6.07 Å². The molecule has 0 spiro atoms. The third-order valence-electron chi connectivity index (χ3n) is 4.01. The predicted octanol–water partition coefficient (Wildman–Crippen LogP) is 3.76. The summed E-state index contributed by atoms with van der Waals surface area (Å²) >= 11 is 0. The molecule has 0 aromatic heterocycles. The lowest BCUT2D eigenvalue weighted by Crippen LogP contribution is -2.19. The lowest BCUT2D eigenvalue weighted by Gasteiger charge is -2.19. The van der Waals surface area contributed by atoms with Gasteiger partial charge < -0.3 is 5.32 Å². The van der Waals surface area contributed by atoms with Crippen LogP contribution in [0.3, 0.4) is 0 Å². The number of hydrogen-bond donors (Lipinski definition) is 1. The van der Waals surface area contributed by atoms with Crippen LogP contribution < -0.4 is 5.32 Å². The average Bonchev–Trinajstić information content (AvgIpc) is 2.91. The molecule has 0 radical (unpaired) electrons. The van der Waals surface area contributed by atoms with E-state index in [1.54, 1.807) is 7.05 Å². The lowest BCUT2D eigenvalue weighted by molar-refractivity contribution is 0.558. The van der Waals surface area contributed by atoms with Crippen LogP contribution in [0.5, 0.6) is 0 Å². The summed E-state index contributed by atoms with van der Waals surface area (Å²) in [5.41, 5.74) is 4.05. The van der Waals surface area contributed by atoms with E-state index in [2.05, 4.69) is 17.4 Å². The molecular weight excluding hydrogens is 256 g/mol. The Kier molecular flexibility index (Phi) is 3.53. The molecule has 1 atom stereocenters. The van der Waals surface area contributed by atoms with Gasteiger partial charge in [-0.25, -0.2) is 8.78 Å². The monoisotopic (exact) mass is 273 g/mol. The maximum atomic E-state index is 14.0. The molecule has 20 heavy (non-hydrogen) atoms. The van der Waals surface area contributed by atoms with Crippen LogP contribution in [0, 0.1) is 11.6 Å². The van der Waals surface area contributed by atoms with Crippen molar-refractivity contribution in [2.24, 2.45) is 0 Å². The van der Waals surface area contributed by atoms with Crippen molar-refractivity contribution in [1.29, 1.82) is 0 Å². The van der Waals surface area contributed by atoms with Crippen molar-refractivity contribution in [3.8, 4) is 0 Å². The second kappa shape index (κ2) is 5.33. The minimum Gasteiger partial charge on any atom is -0.309 e. The SMILES string of the molecule is CNC(c1ccc2c(c1)CCC2)c1cc(F)ccc1F. The van der Waals surface area contributed by atoms with Crippen molar-refractivity contribution in [3.05, 3.63) is 70.3 Å². The van der Waals surface area contributed by atoms with Crippen LogP contribution in [0.4, 0.5) is 8.78 Å². The zero-order valence-corrected chi connectivity index (χ0v) is 11.4. The molecule has 0 fully saturated rings. The lowest BCUT2D eigenvalue weighted by atomic mass is 9.95. The van der Waals surface area contributed by atoms with Crippen LogP contribution in [0.15, 0.2) is 36.4 Å². The Labute approximate surface area is 117 Å². The van der Waals surface area contributed by atoms with E-state index in [0.29, 0.717) is 5.56 Å². The molecule has 2 aromatic rings. The highest BCUT2D eigenvalue weighted by molar-refractivity contribution is 5.40. The fraction of sp³-hybridized carbons (Fsp3) is 0.294. The molecule has 104 valence electrons. The van der Waals surface area contributed by atoms with Crippen molar-refractivity contribution in [2.75, 3.05) is 7.05 Å². The van der Waals surface area contributed by atoms with Crippen molar-refractivity contribution in [2.45, 2.75) is 25.3 Å². The van der Waals surface area contributed by atoms with Crippen LogP contribution in [0.25, 0.3) is 0 Å². The molecule has 3 rings (SSSR count). The summed E-state index contributed by atoms with van der Waals surface area (Å²) in [5, 5.41) is 3.09. The minimum atomic E-state index is -0.414. The minimum absolute atomic E-state index is 0.323. The molecule has 1 nitrogen and oxygen atoms in total. The zero-order chi connectivity index (χ0) is 14.1. The van der Waals surface area contributed by atoms with Gasteiger partial charge in [0.2, 0.25) is 0 Å². The second-order valence-corrected chi connectivity index (χ2v) is 5.27. The van der Waals surface area contributed by atoms with Crippen LogP contribution in [0.1, 0.15) is 34.7 Å². The van der Waals surface area contributed by atoms with Gasteiger partial charge in [0, 0.05) is 5.56 Å². The van der Waals surface area contributed by atoms with Crippen molar-refractivity contribution in [1.82, 2.24) is 5.32 Å². The smallest absolute Gasteiger partial charge is 0.128 e. The Hall–Kier alpha value is -1.74. The normalized spacial score (nSPS) is 15.2. The summed E-state index contributed by atoms with van der Waals surface area (Å²) in [7, 11) is 1.77. The molecular formula is C17H17F2N. The third-order valence-corrected chi connectivity index (χ3v) is 4.01. The number of rotatable bonds is 3. The molecule has 0 saturated carbocycles. The van der Waals surface area contributed by atoms with E-state index in [9.17, 15) is 8.78 Å². The van der Waals surface area contributed by atoms with Gasteiger partial charge in [0.25, 0.3) is 0 Å².